The van der Waals surface area contributed by atoms with Gasteiger partial charge >= 0.3 is 0 Å². The Morgan fingerprint density at radius 1 is 1.43 bits per heavy atom. The van der Waals surface area contributed by atoms with Gasteiger partial charge in [0.15, 0.2) is 0 Å². The number of carbonyl (C=O) groups is 1. The van der Waals surface area contributed by atoms with Gasteiger partial charge in [-0.3, -0.25) is 4.79 Å². The largest absolute Gasteiger partial charge is 0.325 e. The maximum atomic E-state index is 11.5. The van der Waals surface area contributed by atoms with Gasteiger partial charge in [0.05, 0.1) is 6.04 Å². The van der Waals surface area contributed by atoms with Crippen LogP contribution in [0.2, 0.25) is 0 Å². The molecular weight excluding hydrogens is 244 g/mol. The van der Waals surface area contributed by atoms with Crippen LogP contribution in [0.15, 0.2) is 28.7 Å². The maximum Gasteiger partial charge on any atom is 0.241 e. The molecular formula is C10H11BrN2O. The molecule has 1 aromatic rings. The van der Waals surface area contributed by atoms with Gasteiger partial charge in [-0.05, 0) is 37.2 Å². The van der Waals surface area contributed by atoms with Gasteiger partial charge in [-0.15, -0.1) is 0 Å². The van der Waals surface area contributed by atoms with Crippen LogP contribution in [0.1, 0.15) is 6.42 Å². The Labute approximate surface area is 91.0 Å². The average molecular weight is 255 g/mol. The summed E-state index contributed by atoms with van der Waals surface area (Å²) in [6.45, 7) is 0.943. The average Bonchev–Trinajstić information content (AvgIpc) is 2.06. The molecule has 74 valence electrons. The van der Waals surface area contributed by atoms with Gasteiger partial charge in [-0.2, -0.15) is 0 Å². The summed E-state index contributed by atoms with van der Waals surface area (Å²) in [5.41, 5.74) is 0.840. The highest BCUT2D eigenvalue weighted by Gasteiger charge is 2.24. The fourth-order valence-corrected chi connectivity index (χ4v) is 1.54. The van der Waals surface area contributed by atoms with Crippen molar-refractivity contribution in [2.24, 2.45) is 0 Å². The van der Waals surface area contributed by atoms with E-state index in [2.05, 4.69) is 26.6 Å². The molecule has 1 aliphatic heterocycles. The second kappa shape index (κ2) is 4.11. The molecule has 1 fully saturated rings. The van der Waals surface area contributed by atoms with Crippen LogP contribution in [-0.2, 0) is 4.79 Å². The lowest BCUT2D eigenvalue weighted by Gasteiger charge is -2.26. The highest BCUT2D eigenvalue weighted by Crippen LogP contribution is 2.15. The fraction of sp³-hybridized carbons (Fsp3) is 0.300. The first-order valence-electron chi connectivity index (χ1n) is 4.55. The SMILES string of the molecule is O=C(Nc1ccc(Br)cc1)[C@H]1CCN1. The minimum Gasteiger partial charge on any atom is -0.325 e. The lowest BCUT2D eigenvalue weighted by atomic mass is 10.1. The molecule has 2 rings (SSSR count). The van der Waals surface area contributed by atoms with Crippen molar-refractivity contribution < 1.29 is 4.79 Å². The zero-order valence-electron chi connectivity index (χ0n) is 7.59. The third kappa shape index (κ3) is 2.13. The van der Waals surface area contributed by atoms with Gasteiger partial charge in [0.1, 0.15) is 0 Å². The number of hydrogen-bond donors (Lipinski definition) is 2. The number of benzene rings is 1. The van der Waals surface area contributed by atoms with Crippen LogP contribution in [-0.4, -0.2) is 18.5 Å². The predicted octanol–water partition coefficient (Wildman–Crippen LogP) is 1.75. The van der Waals surface area contributed by atoms with Gasteiger partial charge in [0.25, 0.3) is 0 Å². The van der Waals surface area contributed by atoms with E-state index < -0.39 is 0 Å². The Balaban J connectivity index is 1.96. The Morgan fingerprint density at radius 2 is 2.07 bits per heavy atom. The maximum absolute atomic E-state index is 11.5. The second-order valence-corrected chi connectivity index (χ2v) is 4.21. The molecule has 14 heavy (non-hydrogen) atoms. The van der Waals surface area contributed by atoms with E-state index in [0.29, 0.717) is 0 Å². The van der Waals surface area contributed by atoms with Crippen molar-refractivity contribution in [3.63, 3.8) is 0 Å². The molecule has 1 saturated heterocycles. The van der Waals surface area contributed by atoms with Crippen molar-refractivity contribution in [3.8, 4) is 0 Å². The van der Waals surface area contributed by atoms with Crippen molar-refractivity contribution in [1.29, 1.82) is 0 Å². The molecule has 0 saturated carbocycles. The van der Waals surface area contributed by atoms with Gasteiger partial charge in [-0.1, -0.05) is 15.9 Å². The Kier molecular flexibility index (Phi) is 2.84. The van der Waals surface area contributed by atoms with Crippen molar-refractivity contribution >= 4 is 27.5 Å². The summed E-state index contributed by atoms with van der Waals surface area (Å²) in [6, 6.07) is 7.56. The minimum absolute atomic E-state index is 0.00125. The van der Waals surface area contributed by atoms with Crippen molar-refractivity contribution in [2.45, 2.75) is 12.5 Å². The van der Waals surface area contributed by atoms with Crippen molar-refractivity contribution in [2.75, 3.05) is 11.9 Å². The summed E-state index contributed by atoms with van der Waals surface area (Å²) in [5, 5.41) is 5.90. The minimum atomic E-state index is -0.00125. The summed E-state index contributed by atoms with van der Waals surface area (Å²) >= 11 is 3.34. The highest BCUT2D eigenvalue weighted by atomic mass is 79.9. The van der Waals surface area contributed by atoms with Crippen LogP contribution >= 0.6 is 15.9 Å². The van der Waals surface area contributed by atoms with Gasteiger partial charge < -0.3 is 10.6 Å². The van der Waals surface area contributed by atoms with E-state index in [1.165, 1.54) is 0 Å². The van der Waals surface area contributed by atoms with Crippen LogP contribution < -0.4 is 10.6 Å². The molecule has 0 aromatic heterocycles. The molecule has 0 unspecified atom stereocenters. The second-order valence-electron chi connectivity index (χ2n) is 3.29. The molecule has 1 amide bonds. The number of carbonyl (C=O) groups excluding carboxylic acids is 1. The summed E-state index contributed by atoms with van der Waals surface area (Å²) in [5.74, 6) is 0.0542. The molecule has 1 aromatic carbocycles. The lowest BCUT2D eigenvalue weighted by Crippen LogP contribution is -2.50. The highest BCUT2D eigenvalue weighted by molar-refractivity contribution is 9.10. The van der Waals surface area contributed by atoms with Crippen LogP contribution in [0.3, 0.4) is 0 Å². The molecule has 0 spiro atoms. The number of hydrogen-bond acceptors (Lipinski definition) is 2. The molecule has 0 aliphatic carbocycles. The summed E-state index contributed by atoms with van der Waals surface area (Å²) in [4.78, 5) is 11.5. The standard InChI is InChI=1S/C10H11BrN2O/c11-7-1-3-8(4-2-7)13-10(14)9-5-6-12-9/h1-4,9,12H,5-6H2,(H,13,14)/t9-/m1/s1. The molecule has 1 aliphatic rings. The van der Waals surface area contributed by atoms with E-state index in [-0.39, 0.29) is 11.9 Å². The molecule has 2 N–H and O–H groups in total. The van der Waals surface area contributed by atoms with Crippen LogP contribution in [0, 0.1) is 0 Å². The molecule has 1 heterocycles. The predicted molar refractivity (Wildman–Crippen MR) is 59.2 cm³/mol. The Morgan fingerprint density at radius 3 is 2.57 bits per heavy atom. The van der Waals surface area contributed by atoms with Crippen molar-refractivity contribution in [1.82, 2.24) is 5.32 Å². The first-order valence-corrected chi connectivity index (χ1v) is 5.35. The van der Waals surface area contributed by atoms with E-state index in [0.717, 1.165) is 23.1 Å². The number of nitrogens with one attached hydrogen (secondary N) is 2. The number of rotatable bonds is 2. The van der Waals surface area contributed by atoms with E-state index in [4.69, 9.17) is 0 Å². The summed E-state index contributed by atoms with van der Waals surface area (Å²) < 4.78 is 1.01. The first kappa shape index (κ1) is 9.68. The number of anilines is 1. The third-order valence-corrected chi connectivity index (χ3v) is 2.78. The number of amides is 1. The quantitative estimate of drug-likeness (QED) is 0.845. The Bertz CT molecular complexity index is 332. The molecule has 1 atom stereocenters. The lowest BCUT2D eigenvalue weighted by molar-refractivity contribution is -0.119. The first-order chi connectivity index (χ1) is 6.75. The van der Waals surface area contributed by atoms with E-state index in [9.17, 15) is 4.79 Å². The van der Waals surface area contributed by atoms with Gasteiger partial charge in [0.2, 0.25) is 5.91 Å². The third-order valence-electron chi connectivity index (χ3n) is 2.25. The monoisotopic (exact) mass is 254 g/mol. The zero-order valence-corrected chi connectivity index (χ0v) is 9.17. The summed E-state index contributed by atoms with van der Waals surface area (Å²) in [6.07, 6.45) is 0.933. The Hall–Kier alpha value is -0.870. The van der Waals surface area contributed by atoms with E-state index >= 15 is 0 Å². The molecule has 0 bridgehead atoms. The summed E-state index contributed by atoms with van der Waals surface area (Å²) in [7, 11) is 0. The smallest absolute Gasteiger partial charge is 0.241 e. The molecule has 4 heteroatoms. The molecule has 3 nitrogen and oxygen atoms in total. The van der Waals surface area contributed by atoms with E-state index in [1.54, 1.807) is 0 Å². The van der Waals surface area contributed by atoms with Crippen LogP contribution in [0.25, 0.3) is 0 Å². The molecule has 0 radical (unpaired) electrons. The normalized spacial score (nSPS) is 19.9. The van der Waals surface area contributed by atoms with Crippen LogP contribution in [0.5, 0.6) is 0 Å². The number of halogens is 1. The van der Waals surface area contributed by atoms with Crippen LogP contribution in [0.4, 0.5) is 5.69 Å². The van der Waals surface area contributed by atoms with E-state index in [1.807, 2.05) is 24.3 Å². The van der Waals surface area contributed by atoms with Gasteiger partial charge in [0, 0.05) is 10.2 Å². The fourth-order valence-electron chi connectivity index (χ4n) is 1.28. The van der Waals surface area contributed by atoms with Gasteiger partial charge in [-0.25, -0.2) is 0 Å². The van der Waals surface area contributed by atoms with Crippen molar-refractivity contribution in [3.05, 3.63) is 28.7 Å². The zero-order chi connectivity index (χ0) is 9.97. The topological polar surface area (TPSA) is 41.1 Å².